The zero-order valence-electron chi connectivity index (χ0n) is 15.2. The number of nitrogens with one attached hydrogen (secondary N) is 1. The van der Waals surface area contributed by atoms with Crippen molar-refractivity contribution in [3.05, 3.63) is 59.5 Å². The van der Waals surface area contributed by atoms with Crippen molar-refractivity contribution < 1.29 is 27.6 Å². The van der Waals surface area contributed by atoms with Gasteiger partial charge >= 0.3 is 0 Å². The summed E-state index contributed by atoms with van der Waals surface area (Å²) < 4.78 is 37.5. The lowest BCUT2D eigenvalue weighted by molar-refractivity contribution is -0.116. The maximum Gasteiger partial charge on any atom is 0.251 e. The summed E-state index contributed by atoms with van der Waals surface area (Å²) >= 11 is 0. The van der Waals surface area contributed by atoms with E-state index < -0.39 is 29.0 Å². The van der Waals surface area contributed by atoms with E-state index in [0.29, 0.717) is 23.2 Å². The van der Waals surface area contributed by atoms with Crippen LogP contribution in [0.4, 0.5) is 14.5 Å². The molecule has 150 valence electrons. The fraction of sp³-hybridized carbons (Fsp3) is 0.158. The standard InChI is InChI=1S/C19H16F2N4O4/c1-28-11-4-2-10(3-5-11)19-24-17(29-25-19)7-6-16(26)23-15-8-12(18(22)27)13(20)9-14(15)21/h2-5,8-9H,6-7H2,1H3,(H2,22,27)(H,23,26). The van der Waals surface area contributed by atoms with Gasteiger partial charge in [0.25, 0.3) is 5.91 Å². The van der Waals surface area contributed by atoms with Gasteiger partial charge in [0.05, 0.1) is 18.4 Å². The van der Waals surface area contributed by atoms with Crippen LogP contribution in [0.1, 0.15) is 22.7 Å². The third-order valence-corrected chi connectivity index (χ3v) is 3.98. The first-order chi connectivity index (χ1) is 13.9. The molecule has 3 N–H and O–H groups in total. The van der Waals surface area contributed by atoms with E-state index >= 15 is 0 Å². The van der Waals surface area contributed by atoms with Gasteiger partial charge in [-0.1, -0.05) is 5.16 Å². The normalized spacial score (nSPS) is 10.6. The highest BCUT2D eigenvalue weighted by atomic mass is 19.1. The monoisotopic (exact) mass is 402 g/mol. The largest absolute Gasteiger partial charge is 0.497 e. The van der Waals surface area contributed by atoms with Crippen LogP contribution < -0.4 is 15.8 Å². The Labute approximate surface area is 163 Å². The highest BCUT2D eigenvalue weighted by Crippen LogP contribution is 2.21. The molecule has 1 heterocycles. The van der Waals surface area contributed by atoms with E-state index in [-0.39, 0.29) is 24.4 Å². The Morgan fingerprint density at radius 2 is 1.90 bits per heavy atom. The molecule has 10 heteroatoms. The number of hydrogen-bond donors (Lipinski definition) is 2. The van der Waals surface area contributed by atoms with Gasteiger partial charge in [-0.3, -0.25) is 9.59 Å². The van der Waals surface area contributed by atoms with Gasteiger partial charge in [0.15, 0.2) is 0 Å². The van der Waals surface area contributed by atoms with E-state index in [4.69, 9.17) is 15.0 Å². The maximum atomic E-state index is 13.8. The summed E-state index contributed by atoms with van der Waals surface area (Å²) in [6.45, 7) is 0. The number of nitrogens with zero attached hydrogens (tertiary/aromatic N) is 2. The van der Waals surface area contributed by atoms with Crippen molar-refractivity contribution in [2.24, 2.45) is 5.73 Å². The fourth-order valence-electron chi connectivity index (χ4n) is 2.48. The minimum Gasteiger partial charge on any atom is -0.497 e. The second-order valence-electron chi connectivity index (χ2n) is 5.96. The molecule has 2 aromatic carbocycles. The van der Waals surface area contributed by atoms with Gasteiger partial charge in [0, 0.05) is 24.5 Å². The predicted octanol–water partition coefficient (Wildman–Crippen LogP) is 2.69. The number of nitrogens with two attached hydrogens (primary N) is 1. The summed E-state index contributed by atoms with van der Waals surface area (Å²) in [6.07, 6.45) is -0.00650. The quantitative estimate of drug-likeness (QED) is 0.627. The number of anilines is 1. The van der Waals surface area contributed by atoms with Crippen molar-refractivity contribution >= 4 is 17.5 Å². The number of carbonyl (C=O) groups excluding carboxylic acids is 2. The summed E-state index contributed by atoms with van der Waals surface area (Å²) in [5, 5.41) is 6.11. The molecule has 0 saturated heterocycles. The lowest BCUT2D eigenvalue weighted by Crippen LogP contribution is -2.17. The number of primary amides is 1. The molecule has 0 radical (unpaired) electrons. The van der Waals surface area contributed by atoms with E-state index in [0.717, 1.165) is 6.07 Å². The van der Waals surface area contributed by atoms with Crippen LogP contribution in [0.3, 0.4) is 0 Å². The lowest BCUT2D eigenvalue weighted by atomic mass is 10.1. The highest BCUT2D eigenvalue weighted by molar-refractivity contribution is 5.96. The minimum absolute atomic E-state index is 0.0977. The summed E-state index contributed by atoms with van der Waals surface area (Å²) in [5.41, 5.74) is 4.85. The van der Waals surface area contributed by atoms with Gasteiger partial charge < -0.3 is 20.3 Å². The number of benzene rings is 2. The molecule has 0 spiro atoms. The van der Waals surface area contributed by atoms with E-state index in [9.17, 15) is 18.4 Å². The molecule has 0 saturated carbocycles. The van der Waals surface area contributed by atoms with Crippen LogP contribution >= 0.6 is 0 Å². The zero-order chi connectivity index (χ0) is 21.0. The van der Waals surface area contributed by atoms with Crippen LogP contribution in [0, 0.1) is 11.6 Å². The van der Waals surface area contributed by atoms with Crippen molar-refractivity contribution in [3.8, 4) is 17.1 Å². The van der Waals surface area contributed by atoms with E-state index in [1.165, 1.54) is 0 Å². The van der Waals surface area contributed by atoms with Crippen LogP contribution in [0.25, 0.3) is 11.4 Å². The van der Waals surface area contributed by atoms with Gasteiger partial charge in [-0.25, -0.2) is 8.78 Å². The fourth-order valence-corrected chi connectivity index (χ4v) is 2.48. The van der Waals surface area contributed by atoms with Crippen molar-refractivity contribution in [1.29, 1.82) is 0 Å². The molecule has 3 aromatic rings. The minimum atomic E-state index is -1.11. The third-order valence-electron chi connectivity index (χ3n) is 3.98. The maximum absolute atomic E-state index is 13.8. The Hall–Kier alpha value is -3.82. The molecule has 0 atom stereocenters. The van der Waals surface area contributed by atoms with Crippen molar-refractivity contribution in [1.82, 2.24) is 10.1 Å². The number of hydrogen-bond acceptors (Lipinski definition) is 6. The van der Waals surface area contributed by atoms with Gasteiger partial charge in [-0.05, 0) is 30.3 Å². The molecule has 0 aliphatic heterocycles. The average molecular weight is 402 g/mol. The smallest absolute Gasteiger partial charge is 0.251 e. The molecule has 0 aliphatic carbocycles. The highest BCUT2D eigenvalue weighted by Gasteiger charge is 2.16. The summed E-state index contributed by atoms with van der Waals surface area (Å²) in [6, 6.07) is 8.34. The number of aromatic nitrogens is 2. The van der Waals surface area contributed by atoms with Crippen LogP contribution in [-0.2, 0) is 11.2 Å². The molecular weight excluding hydrogens is 386 g/mol. The van der Waals surface area contributed by atoms with Crippen LogP contribution in [0.2, 0.25) is 0 Å². The van der Waals surface area contributed by atoms with Crippen molar-refractivity contribution in [2.75, 3.05) is 12.4 Å². The molecule has 0 fully saturated rings. The Morgan fingerprint density at radius 3 is 2.55 bits per heavy atom. The van der Waals surface area contributed by atoms with Gasteiger partial charge in [-0.2, -0.15) is 4.98 Å². The van der Waals surface area contributed by atoms with Crippen molar-refractivity contribution in [3.63, 3.8) is 0 Å². The Morgan fingerprint density at radius 1 is 1.17 bits per heavy atom. The number of carbonyl (C=O) groups is 2. The molecule has 0 bridgehead atoms. The van der Waals surface area contributed by atoms with E-state index in [1.807, 2.05) is 0 Å². The number of halogens is 2. The number of rotatable bonds is 7. The Kier molecular flexibility index (Phi) is 5.82. The molecule has 1 aromatic heterocycles. The molecule has 0 aliphatic rings. The van der Waals surface area contributed by atoms with Crippen LogP contribution in [0.5, 0.6) is 5.75 Å². The Balaban J connectivity index is 1.62. The van der Waals surface area contributed by atoms with E-state index in [2.05, 4.69) is 15.5 Å². The SMILES string of the molecule is COc1ccc(-c2noc(CCC(=O)Nc3cc(C(N)=O)c(F)cc3F)n2)cc1. The van der Waals surface area contributed by atoms with E-state index in [1.54, 1.807) is 31.4 Å². The average Bonchev–Trinajstić information content (AvgIpc) is 3.17. The second kappa shape index (κ2) is 8.46. The molecule has 8 nitrogen and oxygen atoms in total. The molecule has 0 unspecified atom stereocenters. The number of amides is 2. The number of aryl methyl sites for hydroxylation is 1. The Bertz CT molecular complexity index is 1050. The topological polar surface area (TPSA) is 120 Å². The summed E-state index contributed by atoms with van der Waals surface area (Å²) in [5.74, 6) is -2.56. The van der Waals surface area contributed by atoms with Crippen molar-refractivity contribution in [2.45, 2.75) is 12.8 Å². The first-order valence-electron chi connectivity index (χ1n) is 8.43. The second-order valence-corrected chi connectivity index (χ2v) is 5.96. The van der Waals surface area contributed by atoms with Gasteiger partial charge in [0.1, 0.15) is 17.4 Å². The number of ether oxygens (including phenoxy) is 1. The zero-order valence-corrected chi connectivity index (χ0v) is 15.2. The first kappa shape index (κ1) is 19.9. The number of methoxy groups -OCH3 is 1. The van der Waals surface area contributed by atoms with Gasteiger partial charge in [-0.15, -0.1) is 0 Å². The first-order valence-corrected chi connectivity index (χ1v) is 8.43. The molecule has 3 rings (SSSR count). The third kappa shape index (κ3) is 4.72. The predicted molar refractivity (Wildman–Crippen MR) is 98.1 cm³/mol. The van der Waals surface area contributed by atoms with Crippen LogP contribution in [-0.4, -0.2) is 29.1 Å². The summed E-state index contributed by atoms with van der Waals surface area (Å²) in [7, 11) is 1.55. The molecule has 2 amide bonds. The van der Waals surface area contributed by atoms with Crippen LogP contribution in [0.15, 0.2) is 40.9 Å². The van der Waals surface area contributed by atoms with Gasteiger partial charge in [0.2, 0.25) is 17.6 Å². The molecular formula is C19H16F2N4O4. The lowest BCUT2D eigenvalue weighted by Gasteiger charge is -2.08. The molecule has 29 heavy (non-hydrogen) atoms. The summed E-state index contributed by atoms with van der Waals surface area (Å²) in [4.78, 5) is 27.4.